The lowest BCUT2D eigenvalue weighted by atomic mass is 9.85. The van der Waals surface area contributed by atoms with Crippen LogP contribution in [0.15, 0.2) is 12.2 Å². The van der Waals surface area contributed by atoms with Crippen molar-refractivity contribution >= 4 is 0 Å². The Hall–Kier alpha value is -0.300. The van der Waals surface area contributed by atoms with E-state index in [4.69, 9.17) is 0 Å². The Morgan fingerprint density at radius 3 is 3.18 bits per heavy atom. The first-order valence-electron chi connectivity index (χ1n) is 4.64. The molecule has 3 aliphatic carbocycles. The molecule has 0 radical (unpaired) electrons. The number of hydrogen-bond acceptors (Lipinski definition) is 1. The zero-order valence-electron chi connectivity index (χ0n) is 6.71. The minimum absolute atomic E-state index is 0.135. The Labute approximate surface area is 67.1 Å². The van der Waals surface area contributed by atoms with E-state index in [1.54, 1.807) is 0 Å². The fraction of sp³-hybridized carbons (Fsp3) is 0.800. The molecule has 0 aliphatic heterocycles. The molecule has 2 fully saturated rings. The molecule has 3 aliphatic rings. The molecule has 0 bridgehead atoms. The van der Waals surface area contributed by atoms with Crippen molar-refractivity contribution in [3.63, 3.8) is 0 Å². The predicted octanol–water partition coefficient (Wildman–Crippen LogP) is 1.87. The van der Waals surface area contributed by atoms with Gasteiger partial charge < -0.3 is 5.11 Å². The van der Waals surface area contributed by atoms with Gasteiger partial charge >= 0.3 is 0 Å². The van der Waals surface area contributed by atoms with Crippen LogP contribution in [0.2, 0.25) is 0 Å². The zero-order valence-corrected chi connectivity index (χ0v) is 6.71. The van der Waals surface area contributed by atoms with Crippen LogP contribution in [0.1, 0.15) is 32.1 Å². The van der Waals surface area contributed by atoms with Crippen LogP contribution < -0.4 is 0 Å². The van der Waals surface area contributed by atoms with Crippen molar-refractivity contribution in [3.05, 3.63) is 12.2 Å². The van der Waals surface area contributed by atoms with Gasteiger partial charge in [0.2, 0.25) is 0 Å². The average molecular weight is 150 g/mol. The van der Waals surface area contributed by atoms with E-state index in [1.165, 1.54) is 25.7 Å². The summed E-state index contributed by atoms with van der Waals surface area (Å²) >= 11 is 0. The fourth-order valence-electron chi connectivity index (χ4n) is 3.45. The Morgan fingerprint density at radius 1 is 1.36 bits per heavy atom. The quantitative estimate of drug-likeness (QED) is 0.523. The van der Waals surface area contributed by atoms with Gasteiger partial charge in [0.15, 0.2) is 0 Å². The first-order chi connectivity index (χ1) is 5.27. The van der Waals surface area contributed by atoms with Gasteiger partial charge in [-0.25, -0.2) is 0 Å². The van der Waals surface area contributed by atoms with Crippen LogP contribution in [-0.4, -0.2) is 11.2 Å². The monoisotopic (exact) mass is 150 g/mol. The maximum absolute atomic E-state index is 9.46. The Kier molecular flexibility index (Phi) is 0.885. The Bertz CT molecular complexity index is 233. The van der Waals surface area contributed by atoms with Gasteiger partial charge in [0.1, 0.15) is 0 Å². The summed E-state index contributed by atoms with van der Waals surface area (Å²) in [5.74, 6) is 0. The van der Waals surface area contributed by atoms with Gasteiger partial charge in [-0.3, -0.25) is 0 Å². The lowest BCUT2D eigenvalue weighted by Gasteiger charge is -2.22. The molecule has 1 heteroatoms. The van der Waals surface area contributed by atoms with Crippen LogP contribution in [0.5, 0.6) is 0 Å². The standard InChI is InChI=1S/C10H14O/c11-8-2-5-9-3-1-4-10(9,6-8)7-9/h2,5,8,11H,1,3-4,6-7H2. The lowest BCUT2D eigenvalue weighted by molar-refractivity contribution is 0.162. The third kappa shape index (κ3) is 0.572. The van der Waals surface area contributed by atoms with Crippen LogP contribution in [0.4, 0.5) is 0 Å². The normalized spacial score (nSPS) is 58.8. The second kappa shape index (κ2) is 1.56. The molecule has 0 saturated heterocycles. The van der Waals surface area contributed by atoms with Crippen LogP contribution in [0, 0.1) is 10.8 Å². The molecule has 3 unspecified atom stereocenters. The summed E-state index contributed by atoms with van der Waals surface area (Å²) < 4.78 is 0. The molecular formula is C10H14O. The van der Waals surface area contributed by atoms with E-state index < -0.39 is 0 Å². The first kappa shape index (κ1) is 6.24. The average Bonchev–Trinajstić information content (AvgIpc) is 2.47. The number of allylic oxidation sites excluding steroid dienone is 1. The fourth-order valence-corrected chi connectivity index (χ4v) is 3.45. The molecule has 0 heterocycles. The van der Waals surface area contributed by atoms with Crippen LogP contribution >= 0.6 is 0 Å². The molecule has 11 heavy (non-hydrogen) atoms. The van der Waals surface area contributed by atoms with Crippen LogP contribution in [-0.2, 0) is 0 Å². The minimum atomic E-state index is -0.135. The topological polar surface area (TPSA) is 20.2 Å². The highest BCUT2D eigenvalue weighted by atomic mass is 16.3. The third-order valence-electron chi connectivity index (χ3n) is 4.10. The van der Waals surface area contributed by atoms with Crippen molar-refractivity contribution in [2.45, 2.75) is 38.2 Å². The number of aliphatic hydroxyl groups excluding tert-OH is 1. The maximum atomic E-state index is 9.46. The number of hydrogen-bond donors (Lipinski definition) is 1. The summed E-state index contributed by atoms with van der Waals surface area (Å²) in [5, 5.41) is 9.46. The maximum Gasteiger partial charge on any atom is 0.0726 e. The second-order valence-electron chi connectivity index (χ2n) is 4.60. The largest absolute Gasteiger partial charge is 0.389 e. The van der Waals surface area contributed by atoms with E-state index in [0.717, 1.165) is 6.42 Å². The molecule has 2 saturated carbocycles. The summed E-state index contributed by atoms with van der Waals surface area (Å²) in [5.41, 5.74) is 1.15. The molecule has 0 aromatic heterocycles. The molecule has 3 rings (SSSR count). The van der Waals surface area contributed by atoms with E-state index in [9.17, 15) is 5.11 Å². The van der Waals surface area contributed by atoms with Crippen molar-refractivity contribution in [2.24, 2.45) is 10.8 Å². The van der Waals surface area contributed by atoms with Crippen molar-refractivity contribution in [2.75, 3.05) is 0 Å². The predicted molar refractivity (Wildman–Crippen MR) is 43.1 cm³/mol. The number of aliphatic hydroxyl groups is 1. The molecule has 60 valence electrons. The van der Waals surface area contributed by atoms with Crippen molar-refractivity contribution < 1.29 is 5.11 Å². The summed E-state index contributed by atoms with van der Waals surface area (Å²) in [4.78, 5) is 0. The summed E-state index contributed by atoms with van der Waals surface area (Å²) in [6.07, 6.45) is 10.7. The molecular weight excluding hydrogens is 136 g/mol. The molecule has 1 nitrogen and oxygen atoms in total. The molecule has 0 amide bonds. The highest BCUT2D eigenvalue weighted by Gasteiger charge is 2.68. The number of rotatable bonds is 0. The van der Waals surface area contributed by atoms with E-state index in [0.29, 0.717) is 10.8 Å². The zero-order chi connectivity index (χ0) is 7.53. The van der Waals surface area contributed by atoms with Crippen molar-refractivity contribution in [3.8, 4) is 0 Å². The van der Waals surface area contributed by atoms with Crippen LogP contribution in [0.3, 0.4) is 0 Å². The van der Waals surface area contributed by atoms with Crippen molar-refractivity contribution in [1.82, 2.24) is 0 Å². The smallest absolute Gasteiger partial charge is 0.0726 e. The molecule has 3 atom stereocenters. The molecule has 0 aromatic carbocycles. The highest BCUT2D eigenvalue weighted by Crippen LogP contribution is 2.77. The highest BCUT2D eigenvalue weighted by molar-refractivity contribution is 5.30. The Balaban J connectivity index is 2.01. The van der Waals surface area contributed by atoms with Crippen molar-refractivity contribution in [1.29, 1.82) is 0 Å². The van der Waals surface area contributed by atoms with Gasteiger partial charge in [-0.05, 0) is 36.5 Å². The SMILES string of the molecule is OC1C=CC23CCCC2(C1)C3. The lowest BCUT2D eigenvalue weighted by Crippen LogP contribution is -2.19. The van der Waals surface area contributed by atoms with E-state index in [1.807, 2.05) is 6.08 Å². The first-order valence-corrected chi connectivity index (χ1v) is 4.64. The second-order valence-corrected chi connectivity index (χ2v) is 4.60. The van der Waals surface area contributed by atoms with Gasteiger partial charge in [-0.2, -0.15) is 0 Å². The van der Waals surface area contributed by atoms with Gasteiger partial charge in [-0.15, -0.1) is 0 Å². The molecule has 0 spiro atoms. The van der Waals surface area contributed by atoms with Gasteiger partial charge in [0, 0.05) is 0 Å². The van der Waals surface area contributed by atoms with Gasteiger partial charge in [0.05, 0.1) is 6.10 Å². The molecule has 1 N–H and O–H groups in total. The van der Waals surface area contributed by atoms with E-state index in [2.05, 4.69) is 6.08 Å². The summed E-state index contributed by atoms with van der Waals surface area (Å²) in [7, 11) is 0. The van der Waals surface area contributed by atoms with Gasteiger partial charge in [0.25, 0.3) is 0 Å². The molecule has 0 aromatic rings. The third-order valence-corrected chi connectivity index (χ3v) is 4.10. The summed E-state index contributed by atoms with van der Waals surface area (Å²) in [6, 6.07) is 0. The Morgan fingerprint density at radius 2 is 2.27 bits per heavy atom. The van der Waals surface area contributed by atoms with E-state index >= 15 is 0 Å². The summed E-state index contributed by atoms with van der Waals surface area (Å²) in [6.45, 7) is 0. The van der Waals surface area contributed by atoms with Crippen LogP contribution in [0.25, 0.3) is 0 Å². The van der Waals surface area contributed by atoms with Gasteiger partial charge in [-0.1, -0.05) is 18.6 Å². The minimum Gasteiger partial charge on any atom is -0.389 e. The van der Waals surface area contributed by atoms with E-state index in [-0.39, 0.29) is 6.10 Å².